The number of rotatable bonds is 4. The van der Waals surface area contributed by atoms with E-state index in [2.05, 4.69) is 10.3 Å². The van der Waals surface area contributed by atoms with E-state index in [1.54, 1.807) is 6.07 Å². The Morgan fingerprint density at radius 1 is 1.43 bits per heavy atom. The second-order valence-electron chi connectivity index (χ2n) is 5.81. The first kappa shape index (κ1) is 14.1. The minimum atomic E-state index is -0.248. The molecule has 4 nitrogen and oxygen atoms in total. The second-order valence-corrected chi connectivity index (χ2v) is 5.81. The van der Waals surface area contributed by atoms with Gasteiger partial charge < -0.3 is 16.0 Å². The molecule has 1 fully saturated rings. The Morgan fingerprint density at radius 3 is 3.05 bits per heavy atom. The molecule has 4 N–H and O–H groups in total. The van der Waals surface area contributed by atoms with Crippen molar-refractivity contribution in [2.45, 2.75) is 31.7 Å². The Bertz CT molecular complexity index is 652. The lowest BCUT2D eigenvalue weighted by Crippen LogP contribution is -2.31. The number of hydrogen-bond donors (Lipinski definition) is 3. The van der Waals surface area contributed by atoms with Crippen LogP contribution in [-0.2, 0) is 11.2 Å². The van der Waals surface area contributed by atoms with Crippen molar-refractivity contribution in [2.75, 3.05) is 6.54 Å². The monoisotopic (exact) mass is 289 g/mol. The van der Waals surface area contributed by atoms with Crippen LogP contribution in [0.5, 0.6) is 0 Å². The van der Waals surface area contributed by atoms with Crippen molar-refractivity contribution in [3.05, 3.63) is 35.8 Å². The molecule has 0 aliphatic heterocycles. The number of carbonyl (C=O) groups excluding carboxylic acids is 1. The van der Waals surface area contributed by atoms with Gasteiger partial charge in [-0.15, -0.1) is 0 Å². The third-order valence-corrected chi connectivity index (χ3v) is 4.27. The van der Waals surface area contributed by atoms with Crippen molar-refractivity contribution in [1.82, 2.24) is 10.3 Å². The fourth-order valence-corrected chi connectivity index (χ4v) is 3.08. The van der Waals surface area contributed by atoms with Crippen LogP contribution in [0, 0.1) is 11.7 Å². The topological polar surface area (TPSA) is 70.9 Å². The maximum atomic E-state index is 13.1. The molecule has 2 atom stereocenters. The van der Waals surface area contributed by atoms with Crippen molar-refractivity contribution in [3.63, 3.8) is 0 Å². The molecule has 1 heterocycles. The molecule has 1 aromatic heterocycles. The fourth-order valence-electron chi connectivity index (χ4n) is 3.08. The molecule has 0 spiro atoms. The number of fused-ring (bicyclic) bond motifs is 1. The highest BCUT2D eigenvalue weighted by molar-refractivity contribution is 5.83. The molecular weight excluding hydrogens is 269 g/mol. The van der Waals surface area contributed by atoms with Crippen LogP contribution in [0.25, 0.3) is 10.9 Å². The average molecular weight is 289 g/mol. The molecule has 3 rings (SSSR count). The first-order valence-electron chi connectivity index (χ1n) is 7.42. The van der Waals surface area contributed by atoms with Crippen LogP contribution in [0.15, 0.2) is 24.4 Å². The first-order chi connectivity index (χ1) is 10.1. The van der Waals surface area contributed by atoms with Crippen LogP contribution in [0.1, 0.15) is 24.8 Å². The van der Waals surface area contributed by atoms with E-state index in [4.69, 9.17) is 5.73 Å². The number of amides is 1. The summed E-state index contributed by atoms with van der Waals surface area (Å²) in [7, 11) is 0. The number of carbonyl (C=O) groups is 1. The van der Waals surface area contributed by atoms with Gasteiger partial charge in [0.15, 0.2) is 0 Å². The lowest BCUT2D eigenvalue weighted by Gasteiger charge is -2.10. The summed E-state index contributed by atoms with van der Waals surface area (Å²) >= 11 is 0. The lowest BCUT2D eigenvalue weighted by atomic mass is 10.1. The lowest BCUT2D eigenvalue weighted by molar-refractivity contribution is -0.124. The van der Waals surface area contributed by atoms with Crippen molar-refractivity contribution in [1.29, 1.82) is 0 Å². The van der Waals surface area contributed by atoms with Crippen LogP contribution in [0.4, 0.5) is 4.39 Å². The minimum absolute atomic E-state index is 0.0667. The third-order valence-electron chi connectivity index (χ3n) is 4.27. The summed E-state index contributed by atoms with van der Waals surface area (Å²) < 4.78 is 13.1. The Labute approximate surface area is 122 Å². The van der Waals surface area contributed by atoms with E-state index in [1.165, 1.54) is 12.1 Å². The highest BCUT2D eigenvalue weighted by Crippen LogP contribution is 2.24. The zero-order chi connectivity index (χ0) is 14.8. The highest BCUT2D eigenvalue weighted by atomic mass is 19.1. The van der Waals surface area contributed by atoms with Gasteiger partial charge in [-0.1, -0.05) is 0 Å². The second kappa shape index (κ2) is 5.85. The van der Waals surface area contributed by atoms with E-state index in [-0.39, 0.29) is 23.7 Å². The highest BCUT2D eigenvalue weighted by Gasteiger charge is 2.27. The minimum Gasteiger partial charge on any atom is -0.361 e. The smallest absolute Gasteiger partial charge is 0.223 e. The van der Waals surface area contributed by atoms with Gasteiger partial charge in [0.25, 0.3) is 0 Å². The zero-order valence-corrected chi connectivity index (χ0v) is 11.9. The van der Waals surface area contributed by atoms with Gasteiger partial charge in [0.2, 0.25) is 5.91 Å². The van der Waals surface area contributed by atoms with Gasteiger partial charge in [0, 0.05) is 35.6 Å². The van der Waals surface area contributed by atoms with Crippen LogP contribution < -0.4 is 11.1 Å². The molecule has 0 saturated heterocycles. The Morgan fingerprint density at radius 2 is 2.29 bits per heavy atom. The molecule has 0 bridgehead atoms. The summed E-state index contributed by atoms with van der Waals surface area (Å²) in [5.74, 6) is -0.0762. The first-order valence-corrected chi connectivity index (χ1v) is 7.42. The van der Waals surface area contributed by atoms with Crippen molar-refractivity contribution in [3.8, 4) is 0 Å². The molecule has 1 aromatic carbocycles. The summed E-state index contributed by atoms with van der Waals surface area (Å²) in [6, 6.07) is 4.88. The predicted molar refractivity (Wildman–Crippen MR) is 80.3 cm³/mol. The maximum Gasteiger partial charge on any atom is 0.223 e. The predicted octanol–water partition coefficient (Wildman–Crippen LogP) is 2.09. The normalized spacial score (nSPS) is 21.8. The molecule has 1 saturated carbocycles. The van der Waals surface area contributed by atoms with Gasteiger partial charge in [-0.05, 0) is 49.4 Å². The Hall–Kier alpha value is -1.88. The number of H-pyrrole nitrogens is 1. The van der Waals surface area contributed by atoms with E-state index >= 15 is 0 Å². The van der Waals surface area contributed by atoms with E-state index < -0.39 is 0 Å². The van der Waals surface area contributed by atoms with Gasteiger partial charge in [0.1, 0.15) is 5.82 Å². The summed E-state index contributed by atoms with van der Waals surface area (Å²) in [6.07, 6.45) is 5.22. The quantitative estimate of drug-likeness (QED) is 0.806. The van der Waals surface area contributed by atoms with Gasteiger partial charge in [0.05, 0.1) is 0 Å². The molecular formula is C16H20FN3O. The van der Waals surface area contributed by atoms with Crippen molar-refractivity contribution >= 4 is 16.8 Å². The number of aromatic nitrogens is 1. The molecule has 0 radical (unpaired) electrons. The standard InChI is InChI=1S/C16H20FN3O/c17-12-2-4-14-11(9-20-15(14)8-12)5-6-19-16(21)10-1-3-13(18)7-10/h2,4,8-10,13,20H,1,3,5-7,18H2,(H,19,21). The van der Waals surface area contributed by atoms with E-state index in [9.17, 15) is 9.18 Å². The molecule has 112 valence electrons. The molecule has 1 amide bonds. The van der Waals surface area contributed by atoms with Crippen LogP contribution in [0.2, 0.25) is 0 Å². The summed E-state index contributed by atoms with van der Waals surface area (Å²) in [5, 5.41) is 3.98. The molecule has 5 heteroatoms. The summed E-state index contributed by atoms with van der Waals surface area (Å²) in [5.41, 5.74) is 7.71. The molecule has 1 aliphatic rings. The molecule has 2 aromatic rings. The van der Waals surface area contributed by atoms with E-state index in [1.807, 2.05) is 6.20 Å². The Kier molecular flexibility index (Phi) is 3.92. The van der Waals surface area contributed by atoms with E-state index in [0.717, 1.165) is 42.1 Å². The van der Waals surface area contributed by atoms with Gasteiger partial charge in [-0.2, -0.15) is 0 Å². The number of benzene rings is 1. The SMILES string of the molecule is NC1CCC(C(=O)NCCc2c[nH]c3cc(F)ccc23)C1. The third kappa shape index (κ3) is 3.08. The van der Waals surface area contributed by atoms with Crippen LogP contribution in [0.3, 0.4) is 0 Å². The van der Waals surface area contributed by atoms with Crippen LogP contribution >= 0.6 is 0 Å². The largest absolute Gasteiger partial charge is 0.361 e. The Balaban J connectivity index is 1.56. The molecule has 2 unspecified atom stereocenters. The van der Waals surface area contributed by atoms with Crippen molar-refractivity contribution < 1.29 is 9.18 Å². The number of hydrogen-bond acceptors (Lipinski definition) is 2. The molecule has 21 heavy (non-hydrogen) atoms. The van der Waals surface area contributed by atoms with Gasteiger partial charge >= 0.3 is 0 Å². The number of nitrogens with one attached hydrogen (secondary N) is 2. The maximum absolute atomic E-state index is 13.1. The van der Waals surface area contributed by atoms with Crippen molar-refractivity contribution in [2.24, 2.45) is 11.7 Å². The van der Waals surface area contributed by atoms with Crippen LogP contribution in [-0.4, -0.2) is 23.5 Å². The van der Waals surface area contributed by atoms with Gasteiger partial charge in [-0.25, -0.2) is 4.39 Å². The zero-order valence-electron chi connectivity index (χ0n) is 11.9. The molecule has 1 aliphatic carbocycles. The summed E-state index contributed by atoms with van der Waals surface area (Å²) in [6.45, 7) is 0.592. The summed E-state index contributed by atoms with van der Waals surface area (Å²) in [4.78, 5) is 15.1. The van der Waals surface area contributed by atoms with Gasteiger partial charge in [-0.3, -0.25) is 4.79 Å². The number of aromatic amines is 1. The number of nitrogens with two attached hydrogens (primary N) is 1. The van der Waals surface area contributed by atoms with E-state index in [0.29, 0.717) is 6.54 Å². The fraction of sp³-hybridized carbons (Fsp3) is 0.438. The number of halogens is 1. The average Bonchev–Trinajstić information content (AvgIpc) is 3.05.